The van der Waals surface area contributed by atoms with Crippen molar-refractivity contribution in [1.82, 2.24) is 9.55 Å². The highest BCUT2D eigenvalue weighted by Crippen LogP contribution is 2.15. The van der Waals surface area contributed by atoms with Gasteiger partial charge in [0.05, 0.1) is 11.4 Å². The predicted octanol–water partition coefficient (Wildman–Crippen LogP) is 3.29. The van der Waals surface area contributed by atoms with Crippen LogP contribution in [0.15, 0.2) is 59.7 Å². The summed E-state index contributed by atoms with van der Waals surface area (Å²) < 4.78 is 40.8. The molecule has 0 fully saturated rings. The first-order chi connectivity index (χ1) is 12.4. The molecule has 0 aliphatic rings. The summed E-state index contributed by atoms with van der Waals surface area (Å²) in [4.78, 5) is 28.1. The molecule has 0 spiro atoms. The number of nitrogens with zero attached hydrogens (tertiary/aromatic N) is 2. The van der Waals surface area contributed by atoms with Gasteiger partial charge in [-0.3, -0.25) is 14.7 Å². The van der Waals surface area contributed by atoms with E-state index in [1.54, 1.807) is 0 Å². The molecule has 0 bridgehead atoms. The largest absolute Gasteiger partial charge is 0.325 e. The van der Waals surface area contributed by atoms with Crippen molar-refractivity contribution in [2.45, 2.75) is 0 Å². The highest BCUT2D eigenvalue weighted by molar-refractivity contribution is 5.99. The minimum atomic E-state index is -0.974. The number of rotatable bonds is 3. The lowest BCUT2D eigenvalue weighted by atomic mass is 10.3. The van der Waals surface area contributed by atoms with E-state index in [1.807, 2.05) is 0 Å². The third-order valence-corrected chi connectivity index (χ3v) is 3.34. The van der Waals surface area contributed by atoms with Crippen LogP contribution in [0.4, 0.5) is 29.5 Å². The van der Waals surface area contributed by atoms with Gasteiger partial charge in [-0.25, -0.2) is 22.9 Å². The van der Waals surface area contributed by atoms with Crippen molar-refractivity contribution >= 4 is 17.5 Å². The topological polar surface area (TPSA) is 76.0 Å². The number of carbonyl (C=O) groups is 1. The number of hydrogen-bond acceptors (Lipinski definition) is 3. The lowest BCUT2D eigenvalue weighted by molar-refractivity contribution is 0.262. The fraction of sp³-hybridized carbons (Fsp3) is 0. The number of benzene rings is 2. The maximum absolute atomic E-state index is 13.6. The molecule has 0 unspecified atom stereocenters. The van der Waals surface area contributed by atoms with Gasteiger partial charge in [-0.05, 0) is 30.3 Å². The number of halogens is 3. The van der Waals surface area contributed by atoms with E-state index >= 15 is 0 Å². The highest BCUT2D eigenvalue weighted by Gasteiger charge is 2.12. The van der Waals surface area contributed by atoms with Gasteiger partial charge in [0.15, 0.2) is 0 Å². The molecule has 0 atom stereocenters. The normalized spacial score (nSPS) is 10.4. The van der Waals surface area contributed by atoms with E-state index in [4.69, 9.17) is 0 Å². The number of urea groups is 1. The van der Waals surface area contributed by atoms with Crippen LogP contribution in [0.2, 0.25) is 0 Å². The average Bonchev–Trinajstić information content (AvgIpc) is 2.59. The van der Waals surface area contributed by atoms with Crippen molar-refractivity contribution in [2.75, 3.05) is 10.6 Å². The van der Waals surface area contributed by atoms with Crippen molar-refractivity contribution in [3.8, 4) is 5.69 Å². The van der Waals surface area contributed by atoms with Gasteiger partial charge in [-0.15, -0.1) is 0 Å². The number of amides is 2. The second-order valence-electron chi connectivity index (χ2n) is 5.13. The summed E-state index contributed by atoms with van der Waals surface area (Å²) in [5.41, 5.74) is -0.747. The lowest BCUT2D eigenvalue weighted by Gasteiger charge is -2.10. The van der Waals surface area contributed by atoms with E-state index in [0.717, 1.165) is 22.8 Å². The van der Waals surface area contributed by atoms with Crippen LogP contribution < -0.4 is 16.2 Å². The number of anilines is 2. The molecule has 3 rings (SSSR count). The van der Waals surface area contributed by atoms with Gasteiger partial charge >= 0.3 is 6.03 Å². The first kappa shape index (κ1) is 17.2. The fourth-order valence-corrected chi connectivity index (χ4v) is 2.18. The Kier molecular flexibility index (Phi) is 4.70. The zero-order valence-electron chi connectivity index (χ0n) is 13.0. The van der Waals surface area contributed by atoms with Crippen LogP contribution in [-0.2, 0) is 0 Å². The van der Waals surface area contributed by atoms with E-state index in [0.29, 0.717) is 6.07 Å². The van der Waals surface area contributed by atoms with Crippen molar-refractivity contribution < 1.29 is 18.0 Å². The molecular weight excluding hydrogens is 349 g/mol. The van der Waals surface area contributed by atoms with Gasteiger partial charge in [-0.2, -0.15) is 0 Å². The first-order valence-electron chi connectivity index (χ1n) is 7.31. The Morgan fingerprint density at radius 3 is 2.50 bits per heavy atom. The molecule has 6 nitrogen and oxygen atoms in total. The molecule has 1 aromatic heterocycles. The molecule has 132 valence electrons. The summed E-state index contributed by atoms with van der Waals surface area (Å²) in [6, 6.07) is 6.95. The lowest BCUT2D eigenvalue weighted by Crippen LogP contribution is -2.28. The Morgan fingerprint density at radius 1 is 1.00 bits per heavy atom. The van der Waals surface area contributed by atoms with E-state index in [2.05, 4.69) is 15.6 Å². The van der Waals surface area contributed by atoms with Gasteiger partial charge in [0.2, 0.25) is 5.82 Å². The summed E-state index contributed by atoms with van der Waals surface area (Å²) in [6.07, 6.45) is 2.54. The molecule has 0 radical (unpaired) electrons. The van der Waals surface area contributed by atoms with E-state index in [-0.39, 0.29) is 17.2 Å². The summed E-state index contributed by atoms with van der Waals surface area (Å²) in [6.45, 7) is 0. The van der Waals surface area contributed by atoms with Crippen LogP contribution >= 0.6 is 0 Å². The minimum absolute atomic E-state index is 0.241. The molecule has 1 heterocycles. The van der Waals surface area contributed by atoms with Gasteiger partial charge in [0.1, 0.15) is 17.5 Å². The van der Waals surface area contributed by atoms with Crippen molar-refractivity contribution in [1.29, 1.82) is 0 Å². The quantitative estimate of drug-likeness (QED) is 0.753. The summed E-state index contributed by atoms with van der Waals surface area (Å²) >= 11 is 0. The first-order valence-corrected chi connectivity index (χ1v) is 7.31. The summed E-state index contributed by atoms with van der Waals surface area (Å²) in [5.74, 6) is -2.66. The Balaban J connectivity index is 1.83. The SMILES string of the molecule is O=C(Nc1ccc(F)cc1F)Nc1nccn(-c2cccc(F)c2)c1=O. The Hall–Kier alpha value is -3.62. The molecule has 2 N–H and O–H groups in total. The van der Waals surface area contributed by atoms with Crippen LogP contribution in [0.3, 0.4) is 0 Å². The monoisotopic (exact) mass is 360 g/mol. The molecule has 0 aliphatic carbocycles. The zero-order chi connectivity index (χ0) is 18.7. The average molecular weight is 360 g/mol. The second kappa shape index (κ2) is 7.09. The van der Waals surface area contributed by atoms with E-state index in [1.165, 1.54) is 30.6 Å². The van der Waals surface area contributed by atoms with Crippen molar-refractivity contribution in [3.05, 3.63) is 82.7 Å². The van der Waals surface area contributed by atoms with Gasteiger partial charge in [0.25, 0.3) is 5.56 Å². The molecule has 0 saturated heterocycles. The van der Waals surface area contributed by atoms with Crippen LogP contribution in [0.1, 0.15) is 0 Å². The molecule has 3 aromatic rings. The fourth-order valence-electron chi connectivity index (χ4n) is 2.18. The molecular formula is C17H11F3N4O2. The van der Waals surface area contributed by atoms with E-state index in [9.17, 15) is 22.8 Å². The van der Waals surface area contributed by atoms with Crippen molar-refractivity contribution in [3.63, 3.8) is 0 Å². The smallest absolute Gasteiger partial charge is 0.305 e. The minimum Gasteiger partial charge on any atom is -0.305 e. The van der Waals surface area contributed by atoms with Crippen molar-refractivity contribution in [2.24, 2.45) is 0 Å². The second-order valence-corrected chi connectivity index (χ2v) is 5.13. The third-order valence-electron chi connectivity index (χ3n) is 3.34. The number of nitrogens with one attached hydrogen (secondary N) is 2. The molecule has 2 amide bonds. The number of hydrogen-bond donors (Lipinski definition) is 2. The van der Waals surface area contributed by atoms with Gasteiger partial charge in [-0.1, -0.05) is 6.07 Å². The molecule has 0 aliphatic heterocycles. The Bertz CT molecular complexity index is 1040. The molecule has 26 heavy (non-hydrogen) atoms. The van der Waals surface area contributed by atoms with Crippen LogP contribution in [0.5, 0.6) is 0 Å². The maximum atomic E-state index is 13.6. The summed E-state index contributed by atoms with van der Waals surface area (Å²) in [5, 5.41) is 4.32. The molecule has 9 heteroatoms. The van der Waals surface area contributed by atoms with Crippen LogP contribution in [0, 0.1) is 17.5 Å². The number of aromatic nitrogens is 2. The summed E-state index contributed by atoms with van der Waals surface area (Å²) in [7, 11) is 0. The molecule has 2 aromatic carbocycles. The predicted molar refractivity (Wildman–Crippen MR) is 88.8 cm³/mol. The maximum Gasteiger partial charge on any atom is 0.325 e. The van der Waals surface area contributed by atoms with Gasteiger partial charge in [0, 0.05) is 18.5 Å². The molecule has 0 saturated carbocycles. The zero-order valence-corrected chi connectivity index (χ0v) is 13.0. The standard InChI is InChI=1S/C17H11F3N4O2/c18-10-2-1-3-12(8-10)24-7-6-21-15(16(24)25)23-17(26)22-14-5-4-11(19)9-13(14)20/h1-9H,(H2,21,22,23,26). The Morgan fingerprint density at radius 2 is 1.77 bits per heavy atom. The third kappa shape index (κ3) is 3.72. The number of carbonyl (C=O) groups excluding carboxylic acids is 1. The van der Waals surface area contributed by atoms with E-state index < -0.39 is 29.0 Å². The van der Waals surface area contributed by atoms with Crippen LogP contribution in [-0.4, -0.2) is 15.6 Å². The van der Waals surface area contributed by atoms with Gasteiger partial charge < -0.3 is 5.32 Å². The highest BCUT2D eigenvalue weighted by atomic mass is 19.1. The Labute approximate surface area is 144 Å². The van der Waals surface area contributed by atoms with Crippen LogP contribution in [0.25, 0.3) is 5.69 Å².